The second-order valence-corrected chi connectivity index (χ2v) is 7.51. The van der Waals surface area contributed by atoms with E-state index in [1.54, 1.807) is 13.8 Å². The fraction of sp³-hybridized carbons (Fsp3) is 0.875. The van der Waals surface area contributed by atoms with Crippen LogP contribution in [0.25, 0.3) is 0 Å². The number of esters is 2. The first-order chi connectivity index (χ1) is 10.2. The molecule has 2 N–H and O–H groups in total. The molecule has 4 saturated carbocycles. The molecule has 22 heavy (non-hydrogen) atoms. The maximum atomic E-state index is 12.5. The Morgan fingerprint density at radius 3 is 1.45 bits per heavy atom. The van der Waals surface area contributed by atoms with Crippen LogP contribution in [0.4, 0.5) is 0 Å². The Kier molecular flexibility index (Phi) is 3.35. The van der Waals surface area contributed by atoms with E-state index in [0.29, 0.717) is 6.42 Å². The van der Waals surface area contributed by atoms with Crippen molar-refractivity contribution in [2.45, 2.75) is 63.6 Å². The Morgan fingerprint density at radius 1 is 0.773 bits per heavy atom. The number of hydrogen-bond donors (Lipinski definition) is 2. The van der Waals surface area contributed by atoms with Gasteiger partial charge in [0.1, 0.15) is 0 Å². The molecule has 0 aromatic rings. The molecule has 4 rings (SSSR count). The fourth-order valence-corrected chi connectivity index (χ4v) is 5.53. The molecular weight excluding hydrogens is 288 g/mol. The van der Waals surface area contributed by atoms with Crippen LogP contribution in [0.2, 0.25) is 0 Å². The molecule has 4 fully saturated rings. The van der Waals surface area contributed by atoms with Crippen molar-refractivity contribution in [2.75, 3.05) is 13.2 Å². The fourth-order valence-electron chi connectivity index (χ4n) is 5.53. The van der Waals surface area contributed by atoms with Crippen LogP contribution in [0.5, 0.6) is 0 Å². The highest BCUT2D eigenvalue weighted by Crippen LogP contribution is 2.68. The molecule has 0 spiro atoms. The Morgan fingerprint density at radius 2 is 1.14 bits per heavy atom. The van der Waals surface area contributed by atoms with E-state index in [1.807, 2.05) is 0 Å². The highest BCUT2D eigenvalue weighted by Gasteiger charge is 2.72. The minimum absolute atomic E-state index is 0.211. The summed E-state index contributed by atoms with van der Waals surface area (Å²) in [6, 6.07) is 0. The summed E-state index contributed by atoms with van der Waals surface area (Å²) in [5.74, 6) is -0.834. The average Bonchev–Trinajstić information content (AvgIpc) is 2.35. The third-order valence-electron chi connectivity index (χ3n) is 5.42. The zero-order valence-electron chi connectivity index (χ0n) is 13.2. The van der Waals surface area contributed by atoms with Crippen LogP contribution in [-0.2, 0) is 19.1 Å². The number of hydrogen-bond acceptors (Lipinski definition) is 6. The van der Waals surface area contributed by atoms with Crippen molar-refractivity contribution >= 4 is 11.9 Å². The summed E-state index contributed by atoms with van der Waals surface area (Å²) in [7, 11) is 0. The van der Waals surface area contributed by atoms with Crippen LogP contribution in [0, 0.1) is 10.8 Å². The molecule has 0 saturated heterocycles. The van der Waals surface area contributed by atoms with Gasteiger partial charge in [0.2, 0.25) is 0 Å². The molecule has 0 aromatic carbocycles. The lowest BCUT2D eigenvalue weighted by Crippen LogP contribution is -2.70. The highest BCUT2D eigenvalue weighted by atomic mass is 16.5. The molecule has 4 aliphatic carbocycles. The average molecular weight is 312 g/mol. The van der Waals surface area contributed by atoms with Crippen LogP contribution < -0.4 is 0 Å². The Bertz CT molecular complexity index is 455. The number of rotatable bonds is 4. The third-order valence-corrected chi connectivity index (χ3v) is 5.42. The van der Waals surface area contributed by atoms with E-state index < -0.39 is 34.0 Å². The summed E-state index contributed by atoms with van der Waals surface area (Å²) >= 11 is 0. The van der Waals surface area contributed by atoms with Gasteiger partial charge in [-0.1, -0.05) is 0 Å². The molecular formula is C16H24O6. The van der Waals surface area contributed by atoms with Gasteiger partial charge in [-0.25, -0.2) is 0 Å². The Labute approximate surface area is 129 Å². The quantitative estimate of drug-likeness (QED) is 0.750. The first kappa shape index (κ1) is 15.7. The lowest BCUT2D eigenvalue weighted by Gasteiger charge is -2.65. The van der Waals surface area contributed by atoms with E-state index in [9.17, 15) is 19.8 Å². The van der Waals surface area contributed by atoms with Crippen molar-refractivity contribution in [3.8, 4) is 0 Å². The van der Waals surface area contributed by atoms with Gasteiger partial charge in [0.05, 0.1) is 35.2 Å². The van der Waals surface area contributed by atoms with Gasteiger partial charge in [-0.15, -0.1) is 0 Å². The van der Waals surface area contributed by atoms with Crippen molar-refractivity contribution < 1.29 is 29.3 Å². The monoisotopic (exact) mass is 312 g/mol. The lowest BCUT2D eigenvalue weighted by atomic mass is 9.41. The molecule has 0 heterocycles. The number of aliphatic hydroxyl groups is 2. The predicted octanol–water partition coefficient (Wildman–Crippen LogP) is 0.929. The molecule has 0 amide bonds. The van der Waals surface area contributed by atoms with Gasteiger partial charge >= 0.3 is 11.9 Å². The number of ether oxygens (including phenoxy) is 2. The summed E-state index contributed by atoms with van der Waals surface area (Å²) in [6.07, 6.45) is 1.51. The molecule has 6 nitrogen and oxygen atoms in total. The predicted molar refractivity (Wildman–Crippen MR) is 75.7 cm³/mol. The number of carbonyl (C=O) groups excluding carboxylic acids is 2. The minimum Gasteiger partial charge on any atom is -0.466 e. The van der Waals surface area contributed by atoms with E-state index in [0.717, 1.165) is 0 Å². The van der Waals surface area contributed by atoms with Crippen LogP contribution in [0.1, 0.15) is 52.4 Å². The van der Waals surface area contributed by atoms with Crippen molar-refractivity contribution in [1.29, 1.82) is 0 Å². The van der Waals surface area contributed by atoms with Gasteiger partial charge in [0.15, 0.2) is 0 Å². The molecule has 0 unspecified atom stereocenters. The zero-order valence-corrected chi connectivity index (χ0v) is 13.2. The van der Waals surface area contributed by atoms with E-state index >= 15 is 0 Å². The second kappa shape index (κ2) is 4.68. The topological polar surface area (TPSA) is 93.1 Å². The second-order valence-electron chi connectivity index (χ2n) is 7.51. The van der Waals surface area contributed by atoms with Crippen LogP contribution in [0.15, 0.2) is 0 Å². The number of carbonyl (C=O) groups is 2. The van der Waals surface area contributed by atoms with Gasteiger partial charge < -0.3 is 19.7 Å². The van der Waals surface area contributed by atoms with Gasteiger partial charge in [-0.2, -0.15) is 0 Å². The summed E-state index contributed by atoms with van der Waals surface area (Å²) in [4.78, 5) is 25.0. The first-order valence-corrected chi connectivity index (χ1v) is 8.00. The van der Waals surface area contributed by atoms with Crippen molar-refractivity contribution in [1.82, 2.24) is 0 Å². The van der Waals surface area contributed by atoms with Gasteiger partial charge in [-0.3, -0.25) is 9.59 Å². The highest BCUT2D eigenvalue weighted by molar-refractivity contribution is 5.83. The zero-order chi connectivity index (χ0) is 16.2. The largest absolute Gasteiger partial charge is 0.466 e. The Hall–Kier alpha value is -1.14. The minimum atomic E-state index is -1.21. The van der Waals surface area contributed by atoms with E-state index in [1.165, 1.54) is 0 Å². The van der Waals surface area contributed by atoms with E-state index in [2.05, 4.69) is 0 Å². The van der Waals surface area contributed by atoms with Crippen LogP contribution in [0.3, 0.4) is 0 Å². The van der Waals surface area contributed by atoms with Crippen molar-refractivity contribution in [3.63, 3.8) is 0 Å². The molecule has 0 aliphatic heterocycles. The lowest BCUT2D eigenvalue weighted by molar-refractivity contribution is -0.263. The van der Waals surface area contributed by atoms with E-state index in [-0.39, 0.29) is 45.3 Å². The summed E-state index contributed by atoms with van der Waals surface area (Å²) in [6.45, 7) is 3.93. The third kappa shape index (κ3) is 2.15. The molecule has 0 aromatic heterocycles. The molecule has 0 atom stereocenters. The SMILES string of the molecule is CCOC(=O)C12CC3(O)CC(O)(C1)CC(C(=O)OCC)(C3)C2. The maximum Gasteiger partial charge on any atom is 0.312 e. The molecule has 6 heteroatoms. The summed E-state index contributed by atoms with van der Waals surface area (Å²) in [5, 5.41) is 21.7. The standard InChI is InChI=1S/C16H24O6/c1-3-21-11(17)13-5-14(12(18)22-4-2)8-15(19,6-13)10-16(20,7-13)9-14/h19-20H,3-10H2,1-2H3. The van der Waals surface area contributed by atoms with E-state index in [4.69, 9.17) is 9.47 Å². The van der Waals surface area contributed by atoms with Crippen LogP contribution in [-0.4, -0.2) is 46.6 Å². The molecule has 124 valence electrons. The van der Waals surface area contributed by atoms with Crippen LogP contribution >= 0.6 is 0 Å². The Balaban J connectivity index is 2.02. The smallest absolute Gasteiger partial charge is 0.312 e. The first-order valence-electron chi connectivity index (χ1n) is 8.00. The molecule has 4 aliphatic rings. The normalized spacial score (nSPS) is 45.6. The van der Waals surface area contributed by atoms with Crippen molar-refractivity contribution in [3.05, 3.63) is 0 Å². The maximum absolute atomic E-state index is 12.5. The summed E-state index contributed by atoms with van der Waals surface area (Å²) < 4.78 is 10.4. The van der Waals surface area contributed by atoms with Gasteiger partial charge in [0, 0.05) is 6.42 Å². The van der Waals surface area contributed by atoms with Crippen molar-refractivity contribution in [2.24, 2.45) is 10.8 Å². The van der Waals surface area contributed by atoms with Gasteiger partial charge in [0.25, 0.3) is 0 Å². The van der Waals surface area contributed by atoms with Gasteiger partial charge in [-0.05, 0) is 46.0 Å². The summed E-state index contributed by atoms with van der Waals surface area (Å²) in [5.41, 5.74) is -4.38. The molecule has 4 bridgehead atoms. The molecule has 0 radical (unpaired) electrons.